The van der Waals surface area contributed by atoms with E-state index in [4.69, 9.17) is 23.2 Å². The van der Waals surface area contributed by atoms with Gasteiger partial charge in [-0.25, -0.2) is 0 Å². The quantitative estimate of drug-likeness (QED) is 0.558. The van der Waals surface area contributed by atoms with Crippen molar-refractivity contribution in [1.29, 1.82) is 0 Å². The highest BCUT2D eigenvalue weighted by atomic mass is 35.5. The summed E-state index contributed by atoms with van der Waals surface area (Å²) in [5.74, 6) is -0.264. The molecule has 4 nitrogen and oxygen atoms in total. The summed E-state index contributed by atoms with van der Waals surface area (Å²) in [5.41, 5.74) is 3.55. The van der Waals surface area contributed by atoms with E-state index >= 15 is 0 Å². The maximum atomic E-state index is 13.5. The van der Waals surface area contributed by atoms with Crippen LogP contribution in [-0.2, 0) is 22.6 Å². The molecule has 0 spiro atoms. The Morgan fingerprint density at radius 2 is 1.71 bits per heavy atom. The van der Waals surface area contributed by atoms with Crippen LogP contribution in [-0.4, -0.2) is 28.3 Å². The molecule has 1 unspecified atom stereocenters. The predicted octanol–water partition coefficient (Wildman–Crippen LogP) is 5.87. The van der Waals surface area contributed by atoms with E-state index in [-0.39, 0.29) is 24.8 Å². The third-order valence-corrected chi connectivity index (χ3v) is 5.81. The van der Waals surface area contributed by atoms with E-state index in [1.807, 2.05) is 65.8 Å². The molecule has 0 aliphatic rings. The van der Waals surface area contributed by atoms with Crippen LogP contribution < -0.4 is 5.32 Å². The first-order valence-corrected chi connectivity index (χ1v) is 11.3. The number of aryl methyl sites for hydroxylation is 2. The molecule has 0 aliphatic carbocycles. The van der Waals surface area contributed by atoms with Gasteiger partial charge in [-0.15, -0.1) is 0 Å². The lowest BCUT2D eigenvalue weighted by atomic mass is 10.0. The maximum absolute atomic E-state index is 13.5. The molecule has 0 bridgehead atoms. The number of carbonyl (C=O) groups is 2. The number of nitrogens with zero attached hydrogens (tertiary/aromatic N) is 1. The van der Waals surface area contributed by atoms with Gasteiger partial charge in [-0.3, -0.25) is 9.59 Å². The van der Waals surface area contributed by atoms with Crippen molar-refractivity contribution in [2.75, 3.05) is 0 Å². The number of carbonyl (C=O) groups excluding carboxylic acids is 2. The molecular weight excluding hydrogens is 431 g/mol. The molecule has 31 heavy (non-hydrogen) atoms. The highest BCUT2D eigenvalue weighted by Crippen LogP contribution is 2.25. The van der Waals surface area contributed by atoms with Gasteiger partial charge in [0.1, 0.15) is 6.04 Å². The average molecular weight is 463 g/mol. The molecule has 0 fully saturated rings. The van der Waals surface area contributed by atoms with Crippen LogP contribution in [0.1, 0.15) is 56.4 Å². The summed E-state index contributed by atoms with van der Waals surface area (Å²) in [6.45, 7) is 12.0. The van der Waals surface area contributed by atoms with Crippen molar-refractivity contribution < 1.29 is 9.59 Å². The van der Waals surface area contributed by atoms with Crippen molar-refractivity contribution in [2.45, 2.75) is 72.5 Å². The Morgan fingerprint density at radius 1 is 1.03 bits per heavy atom. The average Bonchev–Trinajstić information content (AvgIpc) is 2.66. The minimum Gasteiger partial charge on any atom is -0.350 e. The van der Waals surface area contributed by atoms with Gasteiger partial charge in [-0.2, -0.15) is 0 Å². The molecule has 0 heterocycles. The summed E-state index contributed by atoms with van der Waals surface area (Å²) in [7, 11) is 0. The summed E-state index contributed by atoms with van der Waals surface area (Å²) >= 11 is 12.2. The molecule has 2 amide bonds. The lowest BCUT2D eigenvalue weighted by molar-refractivity contribution is -0.141. The van der Waals surface area contributed by atoms with Gasteiger partial charge in [0.25, 0.3) is 0 Å². The van der Waals surface area contributed by atoms with E-state index < -0.39 is 11.6 Å². The fraction of sp³-hybridized carbons (Fsp3) is 0.440. The second-order valence-electron chi connectivity index (χ2n) is 9.04. The summed E-state index contributed by atoms with van der Waals surface area (Å²) in [4.78, 5) is 28.2. The number of hydrogen-bond donors (Lipinski definition) is 1. The van der Waals surface area contributed by atoms with E-state index in [1.165, 1.54) is 0 Å². The van der Waals surface area contributed by atoms with E-state index in [2.05, 4.69) is 5.32 Å². The third kappa shape index (κ3) is 7.26. The number of benzene rings is 2. The van der Waals surface area contributed by atoms with Gasteiger partial charge < -0.3 is 10.2 Å². The Morgan fingerprint density at radius 3 is 2.29 bits per heavy atom. The molecule has 6 heteroatoms. The van der Waals surface area contributed by atoms with Crippen molar-refractivity contribution in [3.63, 3.8) is 0 Å². The first-order valence-electron chi connectivity index (χ1n) is 10.5. The van der Waals surface area contributed by atoms with Crippen molar-refractivity contribution in [3.8, 4) is 0 Å². The van der Waals surface area contributed by atoms with Crippen LogP contribution in [0.5, 0.6) is 0 Å². The molecule has 1 atom stereocenters. The van der Waals surface area contributed by atoms with Crippen LogP contribution in [0.4, 0.5) is 0 Å². The molecule has 0 aliphatic heterocycles. The Balaban J connectivity index is 2.39. The van der Waals surface area contributed by atoms with Crippen LogP contribution in [0.25, 0.3) is 0 Å². The van der Waals surface area contributed by atoms with Gasteiger partial charge in [-0.1, -0.05) is 60.0 Å². The first kappa shape index (κ1) is 25.2. The molecule has 0 saturated carbocycles. The van der Waals surface area contributed by atoms with E-state index in [9.17, 15) is 9.59 Å². The molecule has 2 aromatic rings. The molecule has 0 radical (unpaired) electrons. The number of amides is 2. The van der Waals surface area contributed by atoms with Crippen molar-refractivity contribution in [2.24, 2.45) is 0 Å². The fourth-order valence-electron chi connectivity index (χ4n) is 3.46. The minimum atomic E-state index is -0.591. The molecule has 168 valence electrons. The van der Waals surface area contributed by atoms with Crippen molar-refractivity contribution >= 4 is 35.0 Å². The Kier molecular flexibility index (Phi) is 8.56. The summed E-state index contributed by atoms with van der Waals surface area (Å²) in [5, 5.41) is 3.90. The number of hydrogen-bond acceptors (Lipinski definition) is 2. The topological polar surface area (TPSA) is 49.4 Å². The zero-order valence-corrected chi connectivity index (χ0v) is 20.7. The largest absolute Gasteiger partial charge is 0.350 e. The zero-order valence-electron chi connectivity index (χ0n) is 19.2. The van der Waals surface area contributed by atoms with Crippen LogP contribution in [0.2, 0.25) is 10.0 Å². The lowest BCUT2D eigenvalue weighted by Crippen LogP contribution is -2.53. The SMILES string of the molecule is CCC(C(=O)NC(C)(C)C)N(Cc1ccc(Cl)c(Cl)c1)C(=O)Cc1cc(C)ccc1C. The Labute approximate surface area is 195 Å². The van der Waals surface area contributed by atoms with Crippen molar-refractivity contribution in [3.05, 3.63) is 68.7 Å². The fourth-order valence-corrected chi connectivity index (χ4v) is 3.78. The first-order chi connectivity index (χ1) is 14.4. The normalized spacial score (nSPS) is 12.4. The lowest BCUT2D eigenvalue weighted by Gasteiger charge is -2.33. The third-order valence-electron chi connectivity index (χ3n) is 5.07. The molecule has 1 N–H and O–H groups in total. The second-order valence-corrected chi connectivity index (χ2v) is 9.85. The van der Waals surface area contributed by atoms with Gasteiger partial charge in [0.05, 0.1) is 16.5 Å². The van der Waals surface area contributed by atoms with Gasteiger partial charge in [0.2, 0.25) is 11.8 Å². The number of rotatable bonds is 7. The van der Waals surface area contributed by atoms with E-state index in [0.29, 0.717) is 16.5 Å². The van der Waals surface area contributed by atoms with Crippen LogP contribution in [0.15, 0.2) is 36.4 Å². The van der Waals surface area contributed by atoms with E-state index in [1.54, 1.807) is 17.0 Å². The summed E-state index contributed by atoms with van der Waals surface area (Å²) in [6, 6.07) is 10.8. The minimum absolute atomic E-state index is 0.101. The predicted molar refractivity (Wildman–Crippen MR) is 129 cm³/mol. The molecular formula is C25H32Cl2N2O2. The van der Waals surface area contributed by atoms with Gasteiger partial charge in [0, 0.05) is 12.1 Å². The van der Waals surface area contributed by atoms with Crippen molar-refractivity contribution in [1.82, 2.24) is 10.2 Å². The van der Waals surface area contributed by atoms with Crippen LogP contribution in [0.3, 0.4) is 0 Å². The highest BCUT2D eigenvalue weighted by Gasteiger charge is 2.31. The number of nitrogens with one attached hydrogen (secondary N) is 1. The van der Waals surface area contributed by atoms with E-state index in [0.717, 1.165) is 22.3 Å². The highest BCUT2D eigenvalue weighted by molar-refractivity contribution is 6.42. The monoisotopic (exact) mass is 462 g/mol. The zero-order chi connectivity index (χ0) is 23.3. The Bertz CT molecular complexity index is 951. The van der Waals surface area contributed by atoms with Gasteiger partial charge >= 0.3 is 0 Å². The van der Waals surface area contributed by atoms with Crippen LogP contribution in [0, 0.1) is 13.8 Å². The second kappa shape index (κ2) is 10.5. The molecule has 2 rings (SSSR count). The molecule has 0 saturated heterocycles. The number of halogens is 2. The van der Waals surface area contributed by atoms with Crippen LogP contribution >= 0.6 is 23.2 Å². The maximum Gasteiger partial charge on any atom is 0.243 e. The molecule has 0 aromatic heterocycles. The van der Waals surface area contributed by atoms with Gasteiger partial charge in [0.15, 0.2) is 0 Å². The Hall–Kier alpha value is -2.04. The summed E-state index contributed by atoms with van der Waals surface area (Å²) < 4.78 is 0. The molecule has 2 aromatic carbocycles. The standard InChI is InChI=1S/C25H32Cl2N2O2/c1-7-22(24(31)28-25(4,5)6)29(15-18-10-11-20(26)21(27)13-18)23(30)14-19-12-16(2)8-9-17(19)3/h8-13,22H,7,14-15H2,1-6H3,(H,28,31). The smallest absolute Gasteiger partial charge is 0.243 e. The van der Waals surface area contributed by atoms with Gasteiger partial charge in [-0.05, 0) is 69.9 Å². The summed E-state index contributed by atoms with van der Waals surface area (Å²) in [6.07, 6.45) is 0.732.